The Morgan fingerprint density at radius 2 is 1.69 bits per heavy atom. The third-order valence-corrected chi connectivity index (χ3v) is 4.32. The lowest BCUT2D eigenvalue weighted by Gasteiger charge is -2.24. The van der Waals surface area contributed by atoms with Gasteiger partial charge in [-0.1, -0.05) is 50.2 Å². The largest absolute Gasteiger partial charge is 0.380 e. The van der Waals surface area contributed by atoms with Crippen LogP contribution in [0.5, 0.6) is 0 Å². The van der Waals surface area contributed by atoms with Crippen LogP contribution < -0.4 is 16.2 Å². The van der Waals surface area contributed by atoms with Crippen LogP contribution in [0.25, 0.3) is 10.8 Å². The van der Waals surface area contributed by atoms with Crippen LogP contribution in [-0.4, -0.2) is 28.7 Å². The first-order chi connectivity index (χ1) is 12.6. The molecule has 1 atom stereocenters. The molecule has 3 N–H and O–H groups in total. The fraction of sp³-hybridized carbons (Fsp3) is 0.250. The monoisotopic (exact) mass is 350 g/mol. The fourth-order valence-electron chi connectivity index (χ4n) is 2.78. The maximum atomic E-state index is 12.6. The van der Waals surface area contributed by atoms with Gasteiger partial charge in [0.2, 0.25) is 0 Å². The van der Waals surface area contributed by atoms with Crippen molar-refractivity contribution in [3.63, 3.8) is 0 Å². The van der Waals surface area contributed by atoms with Crippen LogP contribution in [0, 0.1) is 5.92 Å². The number of fused-ring (bicyclic) bond motifs is 1. The van der Waals surface area contributed by atoms with E-state index >= 15 is 0 Å². The molecule has 0 radical (unpaired) electrons. The average Bonchev–Trinajstić information content (AvgIpc) is 2.66. The van der Waals surface area contributed by atoms with E-state index in [0.717, 1.165) is 5.69 Å². The van der Waals surface area contributed by atoms with Crippen LogP contribution in [0.3, 0.4) is 0 Å². The molecule has 0 aliphatic carbocycles. The molecular weight excluding hydrogens is 328 g/mol. The van der Waals surface area contributed by atoms with Crippen molar-refractivity contribution in [2.24, 2.45) is 5.92 Å². The normalized spacial score (nSPS) is 12.1. The van der Waals surface area contributed by atoms with E-state index in [1.807, 2.05) is 30.3 Å². The molecule has 0 aliphatic heterocycles. The second kappa shape index (κ2) is 7.82. The first kappa shape index (κ1) is 17.7. The fourth-order valence-corrected chi connectivity index (χ4v) is 2.78. The summed E-state index contributed by atoms with van der Waals surface area (Å²) in [7, 11) is 0. The summed E-state index contributed by atoms with van der Waals surface area (Å²) in [6.45, 7) is 4.64. The van der Waals surface area contributed by atoms with Crippen molar-refractivity contribution in [1.29, 1.82) is 0 Å². The Morgan fingerprint density at radius 1 is 1.04 bits per heavy atom. The number of para-hydroxylation sites is 1. The van der Waals surface area contributed by atoms with Crippen LogP contribution in [0.15, 0.2) is 59.4 Å². The molecule has 1 amide bonds. The lowest BCUT2D eigenvalue weighted by atomic mass is 10.0. The van der Waals surface area contributed by atoms with Crippen LogP contribution in [0.1, 0.15) is 24.3 Å². The Morgan fingerprint density at radius 3 is 2.38 bits per heavy atom. The quantitative estimate of drug-likeness (QED) is 0.638. The third kappa shape index (κ3) is 3.91. The lowest BCUT2D eigenvalue weighted by Crippen LogP contribution is -2.40. The second-order valence-corrected chi connectivity index (χ2v) is 6.52. The van der Waals surface area contributed by atoms with E-state index in [0.29, 0.717) is 23.2 Å². The standard InChI is InChI=1S/C20H22N4O2/c1-13(2)17(22-14-8-4-3-5-9-14)12-21-20(26)18-15-10-6-7-11-16(15)19(25)24-23-18/h3-11,13,17,22H,12H2,1-2H3,(H,21,26)(H,24,25). The zero-order valence-corrected chi connectivity index (χ0v) is 14.8. The molecule has 0 bridgehead atoms. The number of aromatic nitrogens is 2. The summed E-state index contributed by atoms with van der Waals surface area (Å²) in [5.74, 6) is 0.00810. The number of benzene rings is 2. The van der Waals surface area contributed by atoms with E-state index < -0.39 is 0 Å². The van der Waals surface area contributed by atoms with Gasteiger partial charge in [-0.2, -0.15) is 5.10 Å². The van der Waals surface area contributed by atoms with Gasteiger partial charge in [-0.05, 0) is 24.1 Å². The second-order valence-electron chi connectivity index (χ2n) is 6.52. The number of anilines is 1. The summed E-state index contributed by atoms with van der Waals surface area (Å²) in [5, 5.41) is 13.7. The van der Waals surface area contributed by atoms with Crippen LogP contribution in [0.2, 0.25) is 0 Å². The molecule has 2 aromatic carbocycles. The Bertz CT molecular complexity index is 951. The summed E-state index contributed by atoms with van der Waals surface area (Å²) in [6, 6.07) is 16.9. The molecule has 0 saturated heterocycles. The van der Waals surface area contributed by atoms with E-state index in [-0.39, 0.29) is 23.2 Å². The Labute approximate surface area is 151 Å². The maximum Gasteiger partial charge on any atom is 0.272 e. The summed E-state index contributed by atoms with van der Waals surface area (Å²) in [4.78, 5) is 24.5. The molecule has 6 nitrogen and oxygen atoms in total. The van der Waals surface area contributed by atoms with Gasteiger partial charge in [0.15, 0.2) is 5.69 Å². The summed E-state index contributed by atoms with van der Waals surface area (Å²) >= 11 is 0. The van der Waals surface area contributed by atoms with E-state index in [4.69, 9.17) is 0 Å². The van der Waals surface area contributed by atoms with Gasteiger partial charge in [-0.25, -0.2) is 5.10 Å². The van der Waals surface area contributed by atoms with Crippen molar-refractivity contribution in [2.75, 3.05) is 11.9 Å². The minimum atomic E-state index is -0.307. The van der Waals surface area contributed by atoms with Gasteiger partial charge < -0.3 is 10.6 Å². The molecule has 0 spiro atoms. The van der Waals surface area contributed by atoms with Gasteiger partial charge in [0, 0.05) is 23.7 Å². The molecule has 1 unspecified atom stereocenters. The average molecular weight is 350 g/mol. The molecule has 134 valence electrons. The number of nitrogens with one attached hydrogen (secondary N) is 3. The maximum absolute atomic E-state index is 12.6. The zero-order valence-electron chi connectivity index (χ0n) is 14.8. The third-order valence-electron chi connectivity index (χ3n) is 4.32. The van der Waals surface area contributed by atoms with Gasteiger partial charge in [0.25, 0.3) is 11.5 Å². The number of hydrogen-bond donors (Lipinski definition) is 3. The molecule has 0 aliphatic rings. The molecule has 26 heavy (non-hydrogen) atoms. The molecule has 1 heterocycles. The topological polar surface area (TPSA) is 86.9 Å². The van der Waals surface area contributed by atoms with Crippen molar-refractivity contribution in [3.05, 3.63) is 70.6 Å². The number of hydrogen-bond acceptors (Lipinski definition) is 4. The number of H-pyrrole nitrogens is 1. The highest BCUT2D eigenvalue weighted by atomic mass is 16.2. The molecular formula is C20H22N4O2. The van der Waals surface area contributed by atoms with E-state index in [2.05, 4.69) is 34.7 Å². The zero-order chi connectivity index (χ0) is 18.5. The van der Waals surface area contributed by atoms with E-state index in [1.54, 1.807) is 24.3 Å². The van der Waals surface area contributed by atoms with Crippen LogP contribution in [-0.2, 0) is 0 Å². The highest BCUT2D eigenvalue weighted by Gasteiger charge is 2.18. The highest BCUT2D eigenvalue weighted by molar-refractivity contribution is 6.04. The van der Waals surface area contributed by atoms with Crippen molar-refractivity contribution in [1.82, 2.24) is 15.5 Å². The number of rotatable bonds is 6. The van der Waals surface area contributed by atoms with Gasteiger partial charge >= 0.3 is 0 Å². The summed E-state index contributed by atoms with van der Waals surface area (Å²) in [5.41, 5.74) is 0.929. The van der Waals surface area contributed by atoms with Crippen LogP contribution >= 0.6 is 0 Å². The number of carbonyl (C=O) groups excluding carboxylic acids is 1. The van der Waals surface area contributed by atoms with Gasteiger partial charge in [-0.15, -0.1) is 0 Å². The van der Waals surface area contributed by atoms with E-state index in [1.165, 1.54) is 0 Å². The molecule has 0 saturated carbocycles. The molecule has 3 rings (SSSR count). The first-order valence-corrected chi connectivity index (χ1v) is 8.63. The Hall–Kier alpha value is -3.15. The molecule has 6 heteroatoms. The van der Waals surface area contributed by atoms with Crippen molar-refractivity contribution in [2.45, 2.75) is 19.9 Å². The Kier molecular flexibility index (Phi) is 5.31. The lowest BCUT2D eigenvalue weighted by molar-refractivity contribution is 0.0946. The van der Waals surface area contributed by atoms with Gasteiger partial charge in [-0.3, -0.25) is 9.59 Å². The minimum absolute atomic E-state index is 0.0652. The summed E-state index contributed by atoms with van der Waals surface area (Å²) < 4.78 is 0. The molecule has 3 aromatic rings. The first-order valence-electron chi connectivity index (χ1n) is 8.63. The number of carbonyl (C=O) groups is 1. The van der Waals surface area contributed by atoms with E-state index in [9.17, 15) is 9.59 Å². The predicted molar refractivity (Wildman–Crippen MR) is 103 cm³/mol. The van der Waals surface area contributed by atoms with Crippen LogP contribution in [0.4, 0.5) is 5.69 Å². The van der Waals surface area contributed by atoms with Crippen molar-refractivity contribution >= 4 is 22.4 Å². The Balaban J connectivity index is 1.75. The van der Waals surface area contributed by atoms with Crippen molar-refractivity contribution in [3.8, 4) is 0 Å². The number of nitrogens with zero attached hydrogens (tertiary/aromatic N) is 1. The number of amides is 1. The van der Waals surface area contributed by atoms with Gasteiger partial charge in [0.1, 0.15) is 0 Å². The predicted octanol–water partition coefficient (Wildman–Crippen LogP) is 2.79. The molecule has 1 aromatic heterocycles. The van der Waals surface area contributed by atoms with Crippen molar-refractivity contribution < 1.29 is 4.79 Å². The van der Waals surface area contributed by atoms with Gasteiger partial charge in [0.05, 0.1) is 5.39 Å². The smallest absolute Gasteiger partial charge is 0.272 e. The highest BCUT2D eigenvalue weighted by Crippen LogP contribution is 2.14. The minimum Gasteiger partial charge on any atom is -0.380 e. The molecule has 0 fully saturated rings. The SMILES string of the molecule is CC(C)C(CNC(=O)c1n[nH]c(=O)c2ccccc12)Nc1ccccc1. The number of aromatic amines is 1. The summed E-state index contributed by atoms with van der Waals surface area (Å²) in [6.07, 6.45) is 0.